The molecule has 1 heterocycles. The van der Waals surface area contributed by atoms with Crippen LogP contribution in [-0.4, -0.2) is 9.78 Å². The second kappa shape index (κ2) is 4.15. The quantitative estimate of drug-likeness (QED) is 0.831. The van der Waals surface area contributed by atoms with Gasteiger partial charge in [0.1, 0.15) is 0 Å². The van der Waals surface area contributed by atoms with Crippen LogP contribution in [0.1, 0.15) is 5.56 Å². The molecule has 0 unspecified atom stereocenters. The number of H-pyrrole nitrogens is 1. The summed E-state index contributed by atoms with van der Waals surface area (Å²) in [5.74, 6) is 0. The summed E-state index contributed by atoms with van der Waals surface area (Å²) < 4.78 is 1.42. The van der Waals surface area contributed by atoms with Crippen molar-refractivity contribution in [3.63, 3.8) is 0 Å². The minimum atomic E-state index is -0.0903. The van der Waals surface area contributed by atoms with Gasteiger partial charge in [-0.2, -0.15) is 0 Å². The number of nitrogens with zero attached hydrogens (tertiary/aromatic N) is 1. The first-order chi connectivity index (χ1) is 7.63. The van der Waals surface area contributed by atoms with Crippen molar-refractivity contribution in [1.82, 2.24) is 9.78 Å². The molecule has 3 N–H and O–H groups in total. The number of aromatic amines is 1. The summed E-state index contributed by atoms with van der Waals surface area (Å²) in [4.78, 5) is 11.7. The summed E-state index contributed by atoms with van der Waals surface area (Å²) in [6, 6.07) is 7.27. The second-order valence-corrected chi connectivity index (χ2v) is 3.98. The molecule has 0 atom stereocenters. The number of nitrogens with two attached hydrogens (primary N) is 1. The van der Waals surface area contributed by atoms with E-state index in [0.29, 0.717) is 10.6 Å². The summed E-state index contributed by atoms with van der Waals surface area (Å²) >= 11 is 5.81. The van der Waals surface area contributed by atoms with Crippen LogP contribution in [-0.2, 0) is 13.6 Å². The Kier molecular flexibility index (Phi) is 2.85. The molecule has 0 saturated heterocycles. The molecule has 5 heteroatoms. The maximum atomic E-state index is 11.7. The lowest BCUT2D eigenvalue weighted by molar-refractivity contribution is 0.739. The maximum absolute atomic E-state index is 11.7. The van der Waals surface area contributed by atoms with Crippen LogP contribution in [0.2, 0.25) is 5.02 Å². The molecule has 0 fully saturated rings. The normalized spacial score (nSPS) is 10.7. The van der Waals surface area contributed by atoms with Crippen molar-refractivity contribution in [1.29, 1.82) is 0 Å². The summed E-state index contributed by atoms with van der Waals surface area (Å²) in [5, 5.41) is 3.64. The number of hydrogen-bond donors (Lipinski definition) is 2. The lowest BCUT2D eigenvalue weighted by Gasteiger charge is -2.00. The molecule has 0 aliphatic heterocycles. The molecule has 1 aromatic heterocycles. The number of rotatable bonds is 2. The van der Waals surface area contributed by atoms with E-state index in [4.69, 9.17) is 17.3 Å². The monoisotopic (exact) mass is 237 g/mol. The smallest absolute Gasteiger partial charge is 0.271 e. The predicted octanol–water partition coefficient (Wildman–Crippen LogP) is 1.49. The lowest BCUT2D eigenvalue weighted by Crippen LogP contribution is -2.17. The van der Waals surface area contributed by atoms with Gasteiger partial charge < -0.3 is 5.73 Å². The standard InChI is InChI=1S/C11H12ClN3O/c1-15-11(16)9(6-13)10(14-15)7-2-4-8(12)5-3-7/h2-5,14H,6,13H2,1H3. The minimum Gasteiger partial charge on any atom is -0.326 e. The van der Waals surface area contributed by atoms with E-state index in [1.54, 1.807) is 19.2 Å². The molecule has 0 radical (unpaired) electrons. The molecule has 4 nitrogen and oxygen atoms in total. The molecule has 0 spiro atoms. The van der Waals surface area contributed by atoms with Gasteiger partial charge in [-0.05, 0) is 12.1 Å². The number of aryl methyl sites for hydroxylation is 1. The summed E-state index contributed by atoms with van der Waals surface area (Å²) in [7, 11) is 1.67. The van der Waals surface area contributed by atoms with E-state index in [1.807, 2.05) is 12.1 Å². The van der Waals surface area contributed by atoms with Gasteiger partial charge in [-0.1, -0.05) is 23.7 Å². The van der Waals surface area contributed by atoms with E-state index in [9.17, 15) is 4.79 Å². The number of halogens is 1. The van der Waals surface area contributed by atoms with E-state index in [2.05, 4.69) is 5.10 Å². The highest BCUT2D eigenvalue weighted by atomic mass is 35.5. The maximum Gasteiger partial charge on any atom is 0.271 e. The van der Waals surface area contributed by atoms with Crippen LogP contribution in [0.3, 0.4) is 0 Å². The van der Waals surface area contributed by atoms with Crippen LogP contribution in [0.25, 0.3) is 11.3 Å². The Labute approximate surface area is 97.6 Å². The van der Waals surface area contributed by atoms with Gasteiger partial charge in [0.15, 0.2) is 0 Å². The zero-order valence-electron chi connectivity index (χ0n) is 8.83. The molecule has 84 valence electrons. The third kappa shape index (κ3) is 1.77. The second-order valence-electron chi connectivity index (χ2n) is 3.54. The zero-order valence-corrected chi connectivity index (χ0v) is 9.58. The van der Waals surface area contributed by atoms with Crippen molar-refractivity contribution in [2.24, 2.45) is 12.8 Å². The number of hydrogen-bond acceptors (Lipinski definition) is 2. The SMILES string of the molecule is Cn1[nH]c(-c2ccc(Cl)cc2)c(CN)c1=O. The van der Waals surface area contributed by atoms with E-state index in [1.165, 1.54) is 4.68 Å². The summed E-state index contributed by atoms with van der Waals surface area (Å²) in [6.07, 6.45) is 0. The Morgan fingerprint density at radius 2 is 2.00 bits per heavy atom. The van der Waals surface area contributed by atoms with Crippen LogP contribution < -0.4 is 11.3 Å². The molecule has 0 saturated carbocycles. The molecular formula is C11H12ClN3O. The third-order valence-electron chi connectivity index (χ3n) is 2.48. The molecule has 0 bridgehead atoms. The Hall–Kier alpha value is -1.52. The highest BCUT2D eigenvalue weighted by Gasteiger charge is 2.12. The largest absolute Gasteiger partial charge is 0.326 e. The first-order valence-corrected chi connectivity index (χ1v) is 5.25. The van der Waals surface area contributed by atoms with Gasteiger partial charge >= 0.3 is 0 Å². The summed E-state index contributed by atoms with van der Waals surface area (Å²) in [5.41, 5.74) is 7.73. The first kappa shape index (κ1) is 11.0. The van der Waals surface area contributed by atoms with Crippen LogP contribution in [0.15, 0.2) is 29.1 Å². The van der Waals surface area contributed by atoms with Crippen LogP contribution >= 0.6 is 11.6 Å². The average Bonchev–Trinajstić information content (AvgIpc) is 2.56. The van der Waals surface area contributed by atoms with E-state index >= 15 is 0 Å². The summed E-state index contributed by atoms with van der Waals surface area (Å²) in [6.45, 7) is 0.216. The minimum absolute atomic E-state index is 0.0903. The molecule has 0 amide bonds. The predicted molar refractivity (Wildman–Crippen MR) is 64.4 cm³/mol. The molecule has 2 aromatic rings. The molecule has 1 aromatic carbocycles. The highest BCUT2D eigenvalue weighted by molar-refractivity contribution is 6.30. The van der Waals surface area contributed by atoms with Gasteiger partial charge in [-0.25, -0.2) is 0 Å². The fourth-order valence-corrected chi connectivity index (χ4v) is 1.77. The van der Waals surface area contributed by atoms with Gasteiger partial charge in [0.05, 0.1) is 11.3 Å². The Morgan fingerprint density at radius 3 is 2.56 bits per heavy atom. The van der Waals surface area contributed by atoms with Crippen LogP contribution in [0, 0.1) is 0 Å². The third-order valence-corrected chi connectivity index (χ3v) is 2.73. The molecule has 0 aliphatic carbocycles. The van der Waals surface area contributed by atoms with Crippen LogP contribution in [0.5, 0.6) is 0 Å². The number of aromatic nitrogens is 2. The van der Waals surface area contributed by atoms with Gasteiger partial charge in [0.2, 0.25) is 0 Å². The van der Waals surface area contributed by atoms with Crippen molar-refractivity contribution >= 4 is 11.6 Å². The Morgan fingerprint density at radius 1 is 1.38 bits per heavy atom. The zero-order chi connectivity index (χ0) is 11.7. The van der Waals surface area contributed by atoms with Crippen molar-refractivity contribution in [3.8, 4) is 11.3 Å². The van der Waals surface area contributed by atoms with Crippen LogP contribution in [0.4, 0.5) is 0 Å². The van der Waals surface area contributed by atoms with Crippen molar-refractivity contribution in [2.45, 2.75) is 6.54 Å². The van der Waals surface area contributed by atoms with Gasteiger partial charge in [-0.15, -0.1) is 0 Å². The fraction of sp³-hybridized carbons (Fsp3) is 0.182. The van der Waals surface area contributed by atoms with Gasteiger partial charge in [0.25, 0.3) is 5.56 Å². The molecule has 0 aliphatic rings. The Balaban J connectivity index is 2.60. The molecule has 2 rings (SSSR count). The average molecular weight is 238 g/mol. The number of nitrogens with one attached hydrogen (secondary N) is 1. The van der Waals surface area contributed by atoms with Gasteiger partial charge in [-0.3, -0.25) is 14.6 Å². The van der Waals surface area contributed by atoms with E-state index in [0.717, 1.165) is 11.3 Å². The lowest BCUT2D eigenvalue weighted by atomic mass is 10.1. The fourth-order valence-electron chi connectivity index (χ4n) is 1.64. The molecular weight excluding hydrogens is 226 g/mol. The van der Waals surface area contributed by atoms with E-state index < -0.39 is 0 Å². The topological polar surface area (TPSA) is 63.8 Å². The number of benzene rings is 1. The Bertz CT molecular complexity index is 554. The molecule has 16 heavy (non-hydrogen) atoms. The van der Waals surface area contributed by atoms with Crippen molar-refractivity contribution in [2.75, 3.05) is 0 Å². The van der Waals surface area contributed by atoms with E-state index in [-0.39, 0.29) is 12.1 Å². The van der Waals surface area contributed by atoms with Gasteiger partial charge in [0, 0.05) is 24.2 Å². The first-order valence-electron chi connectivity index (χ1n) is 4.87. The highest BCUT2D eigenvalue weighted by Crippen LogP contribution is 2.21. The van der Waals surface area contributed by atoms with Crippen molar-refractivity contribution < 1.29 is 0 Å². The van der Waals surface area contributed by atoms with Crippen molar-refractivity contribution in [3.05, 3.63) is 45.2 Å².